The number of benzene rings is 4. The maximum absolute atomic E-state index is 13.7. The van der Waals surface area contributed by atoms with Gasteiger partial charge in [0, 0.05) is 11.9 Å². The average Bonchev–Trinajstić information content (AvgIpc) is 3.18. The molecule has 1 saturated heterocycles. The highest BCUT2D eigenvalue weighted by Gasteiger charge is 2.53. The third-order valence-corrected chi connectivity index (χ3v) is 8.61. The zero-order valence-corrected chi connectivity index (χ0v) is 29.4. The van der Waals surface area contributed by atoms with Crippen molar-refractivity contribution in [2.24, 2.45) is 0 Å². The molecule has 1 aliphatic rings. The van der Waals surface area contributed by atoms with Gasteiger partial charge in [0.25, 0.3) is 0 Å². The van der Waals surface area contributed by atoms with Crippen molar-refractivity contribution in [1.82, 2.24) is 0 Å². The fraction of sp³-hybridized carbons (Fsp3) is 0.300. The van der Waals surface area contributed by atoms with Crippen molar-refractivity contribution < 1.29 is 47.6 Å². The lowest BCUT2D eigenvalue weighted by atomic mass is 9.97. The molecular formula is C40H39BrO10. The van der Waals surface area contributed by atoms with Gasteiger partial charge < -0.3 is 28.4 Å². The Hall–Kier alpha value is -4.84. The van der Waals surface area contributed by atoms with Gasteiger partial charge in [-0.2, -0.15) is 0 Å². The zero-order chi connectivity index (χ0) is 35.8. The first-order valence-electron chi connectivity index (χ1n) is 16.8. The molecule has 0 bridgehead atoms. The van der Waals surface area contributed by atoms with Crippen LogP contribution in [0.5, 0.6) is 0 Å². The molecule has 0 radical (unpaired) electrons. The molecule has 0 N–H and O–H groups in total. The van der Waals surface area contributed by atoms with Crippen LogP contribution in [-0.2, 0) is 28.4 Å². The van der Waals surface area contributed by atoms with Crippen LogP contribution in [0, 0.1) is 0 Å². The highest BCUT2D eigenvalue weighted by Crippen LogP contribution is 2.32. The number of ether oxygens (including phenoxy) is 6. The van der Waals surface area contributed by atoms with Crippen molar-refractivity contribution in [3.05, 3.63) is 144 Å². The SMILES string of the molecule is O=C(OC[C@H]1O[C@@H](OCCCCCCBr)[C@H](OC(=O)c2ccccc2)[C@@H](OC(=O)c2ccccc2)[C@@H]1OC(=O)c1ccccc1)c1ccccc1. The van der Waals surface area contributed by atoms with Crippen LogP contribution in [0.1, 0.15) is 67.1 Å². The van der Waals surface area contributed by atoms with E-state index in [0.29, 0.717) is 12.0 Å². The number of halogens is 1. The van der Waals surface area contributed by atoms with E-state index in [1.165, 1.54) is 0 Å². The molecule has 0 amide bonds. The van der Waals surface area contributed by atoms with E-state index in [1.807, 2.05) is 0 Å². The summed E-state index contributed by atoms with van der Waals surface area (Å²) in [6.45, 7) is -0.193. The van der Waals surface area contributed by atoms with Crippen molar-refractivity contribution in [3.8, 4) is 0 Å². The van der Waals surface area contributed by atoms with Crippen LogP contribution in [0.2, 0.25) is 0 Å². The van der Waals surface area contributed by atoms with E-state index in [1.54, 1.807) is 121 Å². The second-order valence-corrected chi connectivity index (χ2v) is 12.5. The molecular weight excluding hydrogens is 720 g/mol. The summed E-state index contributed by atoms with van der Waals surface area (Å²) < 4.78 is 36.4. The molecule has 51 heavy (non-hydrogen) atoms. The molecule has 11 heteroatoms. The zero-order valence-electron chi connectivity index (χ0n) is 27.8. The number of esters is 4. The molecule has 0 aliphatic carbocycles. The smallest absolute Gasteiger partial charge is 0.338 e. The first-order chi connectivity index (χ1) is 24.9. The van der Waals surface area contributed by atoms with Crippen LogP contribution >= 0.6 is 15.9 Å². The number of carbonyl (C=O) groups excluding carboxylic acids is 4. The van der Waals surface area contributed by atoms with Crippen LogP contribution in [-0.4, -0.2) is 73.1 Å². The normalized spacial score (nSPS) is 19.7. The lowest BCUT2D eigenvalue weighted by molar-refractivity contribution is -0.298. The number of unbranched alkanes of at least 4 members (excludes halogenated alkanes) is 3. The van der Waals surface area contributed by atoms with Gasteiger partial charge in [0.1, 0.15) is 12.7 Å². The maximum Gasteiger partial charge on any atom is 0.338 e. The molecule has 4 aromatic carbocycles. The molecule has 0 saturated carbocycles. The number of hydrogen-bond acceptors (Lipinski definition) is 10. The lowest BCUT2D eigenvalue weighted by Crippen LogP contribution is -2.63. The number of rotatable bonds is 16. The number of hydrogen-bond donors (Lipinski definition) is 0. The molecule has 1 fully saturated rings. The van der Waals surface area contributed by atoms with Gasteiger partial charge in [-0.05, 0) is 61.4 Å². The first kappa shape index (κ1) is 37.4. The Labute approximate surface area is 305 Å². The van der Waals surface area contributed by atoms with E-state index in [2.05, 4.69) is 15.9 Å². The van der Waals surface area contributed by atoms with Crippen LogP contribution in [0.3, 0.4) is 0 Å². The second kappa shape index (κ2) is 19.5. The largest absolute Gasteiger partial charge is 0.459 e. The molecule has 0 unspecified atom stereocenters. The third-order valence-electron chi connectivity index (χ3n) is 8.05. The Morgan fingerprint density at radius 3 is 1.39 bits per heavy atom. The molecule has 0 spiro atoms. The highest BCUT2D eigenvalue weighted by atomic mass is 79.9. The van der Waals surface area contributed by atoms with Gasteiger partial charge in [0.15, 0.2) is 24.6 Å². The summed E-state index contributed by atoms with van der Waals surface area (Å²) in [6, 6.07) is 33.1. The van der Waals surface area contributed by atoms with E-state index in [0.717, 1.165) is 24.6 Å². The van der Waals surface area contributed by atoms with Gasteiger partial charge in [-0.15, -0.1) is 0 Å². The van der Waals surface area contributed by atoms with Gasteiger partial charge in [0.05, 0.1) is 22.3 Å². The monoisotopic (exact) mass is 758 g/mol. The molecule has 0 aromatic heterocycles. The molecule has 5 atom stereocenters. The fourth-order valence-corrected chi connectivity index (χ4v) is 5.81. The van der Waals surface area contributed by atoms with Crippen molar-refractivity contribution in [2.75, 3.05) is 18.5 Å². The quantitative estimate of drug-likeness (QED) is 0.0501. The van der Waals surface area contributed by atoms with Gasteiger partial charge in [-0.1, -0.05) is 102 Å². The van der Waals surface area contributed by atoms with E-state index >= 15 is 0 Å². The van der Waals surface area contributed by atoms with Gasteiger partial charge >= 0.3 is 23.9 Å². The van der Waals surface area contributed by atoms with E-state index in [9.17, 15) is 19.2 Å². The van der Waals surface area contributed by atoms with Crippen LogP contribution < -0.4 is 0 Å². The predicted octanol–water partition coefficient (Wildman–Crippen LogP) is 7.22. The van der Waals surface area contributed by atoms with Gasteiger partial charge in [0.2, 0.25) is 0 Å². The standard InChI is InChI=1S/C40H39BrO10/c41-25-15-1-2-16-26-46-40-35(51-39(45)31-23-13-6-14-24-31)34(50-38(44)30-21-11-5-12-22-30)33(49-37(43)29-19-9-4-10-20-29)32(48-40)27-47-36(42)28-17-7-3-8-18-28/h3-14,17-24,32-35,40H,1-2,15-16,25-27H2/t32-,33-,34+,35-,40-/m1/s1. The number of alkyl halides is 1. The van der Waals surface area contributed by atoms with E-state index < -0.39 is 61.2 Å². The van der Waals surface area contributed by atoms with Crippen molar-refractivity contribution in [2.45, 2.75) is 56.4 Å². The minimum atomic E-state index is -1.45. The van der Waals surface area contributed by atoms with Crippen molar-refractivity contribution in [3.63, 3.8) is 0 Å². The summed E-state index contributed by atoms with van der Waals surface area (Å²) in [7, 11) is 0. The summed E-state index contributed by atoms with van der Waals surface area (Å²) >= 11 is 3.44. The Morgan fingerprint density at radius 1 is 0.510 bits per heavy atom. The summed E-state index contributed by atoms with van der Waals surface area (Å²) in [5.74, 6) is -2.91. The van der Waals surface area contributed by atoms with Crippen LogP contribution in [0.25, 0.3) is 0 Å². The van der Waals surface area contributed by atoms with E-state index in [4.69, 9.17) is 28.4 Å². The minimum absolute atomic E-state index is 0.210. The Bertz CT molecular complexity index is 1690. The summed E-state index contributed by atoms with van der Waals surface area (Å²) in [5.41, 5.74) is 0.951. The molecule has 10 nitrogen and oxygen atoms in total. The average molecular weight is 760 g/mol. The topological polar surface area (TPSA) is 124 Å². The Kier molecular flexibility index (Phi) is 14.3. The molecule has 266 valence electrons. The predicted molar refractivity (Wildman–Crippen MR) is 191 cm³/mol. The lowest BCUT2D eigenvalue weighted by Gasteiger charge is -2.44. The maximum atomic E-state index is 13.7. The van der Waals surface area contributed by atoms with Crippen LogP contribution in [0.15, 0.2) is 121 Å². The van der Waals surface area contributed by atoms with Gasteiger partial charge in [-0.3, -0.25) is 0 Å². The minimum Gasteiger partial charge on any atom is -0.459 e. The molecule has 1 aliphatic heterocycles. The van der Waals surface area contributed by atoms with Crippen molar-refractivity contribution in [1.29, 1.82) is 0 Å². The Morgan fingerprint density at radius 2 is 0.922 bits per heavy atom. The summed E-state index contributed by atoms with van der Waals surface area (Å²) in [5, 5.41) is 0.887. The fourth-order valence-electron chi connectivity index (χ4n) is 5.41. The van der Waals surface area contributed by atoms with Crippen molar-refractivity contribution >= 4 is 39.8 Å². The number of carbonyl (C=O) groups is 4. The molecule has 5 rings (SSSR count). The third kappa shape index (κ3) is 10.8. The summed E-state index contributed by atoms with van der Waals surface area (Å²) in [6.07, 6.45) is -3.26. The van der Waals surface area contributed by atoms with Crippen LogP contribution in [0.4, 0.5) is 0 Å². The van der Waals surface area contributed by atoms with E-state index in [-0.39, 0.29) is 23.3 Å². The second-order valence-electron chi connectivity index (χ2n) is 11.7. The molecule has 4 aromatic rings. The molecule has 1 heterocycles. The Balaban J connectivity index is 1.51. The first-order valence-corrected chi connectivity index (χ1v) is 17.9. The summed E-state index contributed by atoms with van der Waals surface area (Å²) in [4.78, 5) is 53.9. The highest BCUT2D eigenvalue weighted by molar-refractivity contribution is 9.09. The van der Waals surface area contributed by atoms with Gasteiger partial charge in [-0.25, -0.2) is 19.2 Å².